The van der Waals surface area contributed by atoms with E-state index < -0.39 is 0 Å². The van der Waals surface area contributed by atoms with Crippen LogP contribution in [-0.2, 0) is 6.42 Å². The predicted octanol–water partition coefficient (Wildman–Crippen LogP) is 5.76. The van der Waals surface area contributed by atoms with Crippen LogP contribution in [0.2, 0.25) is 0 Å². The highest BCUT2D eigenvalue weighted by molar-refractivity contribution is 5.25. The molecular formula is C19H26. The van der Waals surface area contributed by atoms with Crippen LogP contribution in [0.4, 0.5) is 0 Å². The van der Waals surface area contributed by atoms with Crippen LogP contribution in [0.5, 0.6) is 0 Å². The van der Waals surface area contributed by atoms with Crippen LogP contribution >= 0.6 is 0 Å². The fourth-order valence-electron chi connectivity index (χ4n) is 2.17. The number of benzene rings is 2. The maximum Gasteiger partial charge on any atom is -0.0187 e. The summed E-state index contributed by atoms with van der Waals surface area (Å²) in [5.41, 5.74) is 4.25. The third kappa shape index (κ3) is 5.30. The molecule has 0 heteroatoms. The lowest BCUT2D eigenvalue weighted by atomic mass is 9.93. The molecular weight excluding hydrogens is 228 g/mol. The lowest BCUT2D eigenvalue weighted by Crippen LogP contribution is -1.96. The Labute approximate surface area is 118 Å². The van der Waals surface area contributed by atoms with Gasteiger partial charge >= 0.3 is 0 Å². The minimum atomic E-state index is 0.634. The van der Waals surface area contributed by atoms with Crippen molar-refractivity contribution in [2.45, 2.75) is 46.5 Å². The van der Waals surface area contributed by atoms with Gasteiger partial charge in [-0.1, -0.05) is 80.9 Å². The van der Waals surface area contributed by atoms with Gasteiger partial charge in [0.1, 0.15) is 0 Å². The minimum Gasteiger partial charge on any atom is -0.0683 e. The first-order chi connectivity index (χ1) is 9.25. The van der Waals surface area contributed by atoms with Crippen molar-refractivity contribution in [2.24, 2.45) is 0 Å². The van der Waals surface area contributed by atoms with E-state index >= 15 is 0 Å². The summed E-state index contributed by atoms with van der Waals surface area (Å²) in [6, 6.07) is 19.6. The van der Waals surface area contributed by atoms with Crippen LogP contribution in [0.25, 0.3) is 0 Å². The molecule has 0 bridgehead atoms. The van der Waals surface area contributed by atoms with E-state index in [1.54, 1.807) is 0 Å². The monoisotopic (exact) mass is 254 g/mol. The highest BCUT2D eigenvalue weighted by Gasteiger charge is 2.05. The third-order valence-electron chi connectivity index (χ3n) is 3.32. The molecule has 0 nitrogen and oxygen atoms in total. The third-order valence-corrected chi connectivity index (χ3v) is 3.32. The van der Waals surface area contributed by atoms with Gasteiger partial charge in [-0.15, -0.1) is 0 Å². The standard InChI is InChI=1S/C17H20.C2H6/c1-14-7-6-10-17(13-14)15(2)11-12-16-8-4-3-5-9-16;1-2/h3-10,13,15H,11-12H2,1-2H3;1-2H3/t15-;/m1./s1. The van der Waals surface area contributed by atoms with Crippen molar-refractivity contribution in [1.29, 1.82) is 0 Å². The van der Waals surface area contributed by atoms with Crippen LogP contribution in [0, 0.1) is 6.92 Å². The van der Waals surface area contributed by atoms with Crippen LogP contribution in [-0.4, -0.2) is 0 Å². The maximum absolute atomic E-state index is 2.32. The molecule has 0 saturated heterocycles. The summed E-state index contributed by atoms with van der Waals surface area (Å²) >= 11 is 0. The van der Waals surface area contributed by atoms with Crippen molar-refractivity contribution in [1.82, 2.24) is 0 Å². The first kappa shape index (κ1) is 15.5. The number of hydrogen-bond donors (Lipinski definition) is 0. The molecule has 0 fully saturated rings. The van der Waals surface area contributed by atoms with Crippen molar-refractivity contribution in [3.05, 3.63) is 71.3 Å². The number of rotatable bonds is 4. The summed E-state index contributed by atoms with van der Waals surface area (Å²) in [6.45, 7) is 8.48. The topological polar surface area (TPSA) is 0 Å². The molecule has 0 N–H and O–H groups in total. The van der Waals surface area contributed by atoms with Crippen LogP contribution in [0.3, 0.4) is 0 Å². The smallest absolute Gasteiger partial charge is 0.0187 e. The second kappa shape index (κ2) is 8.53. The van der Waals surface area contributed by atoms with E-state index in [0.29, 0.717) is 5.92 Å². The first-order valence-corrected chi connectivity index (χ1v) is 7.36. The Kier molecular flexibility index (Phi) is 6.95. The van der Waals surface area contributed by atoms with Crippen molar-refractivity contribution in [3.8, 4) is 0 Å². The fraction of sp³-hybridized carbons (Fsp3) is 0.368. The van der Waals surface area contributed by atoms with Gasteiger partial charge in [0, 0.05) is 0 Å². The van der Waals surface area contributed by atoms with Gasteiger partial charge in [-0.2, -0.15) is 0 Å². The van der Waals surface area contributed by atoms with Gasteiger partial charge in [-0.25, -0.2) is 0 Å². The molecule has 0 radical (unpaired) electrons. The summed E-state index contributed by atoms with van der Waals surface area (Å²) in [5, 5.41) is 0. The largest absolute Gasteiger partial charge is 0.0683 e. The molecule has 2 aromatic carbocycles. The summed E-state index contributed by atoms with van der Waals surface area (Å²) in [5.74, 6) is 0.634. The zero-order chi connectivity index (χ0) is 14.1. The second-order valence-corrected chi connectivity index (χ2v) is 4.84. The second-order valence-electron chi connectivity index (χ2n) is 4.84. The Bertz CT molecular complexity index is 456. The molecule has 102 valence electrons. The average molecular weight is 254 g/mol. The van der Waals surface area contributed by atoms with E-state index in [1.807, 2.05) is 13.8 Å². The Morgan fingerprint density at radius 1 is 0.895 bits per heavy atom. The molecule has 0 aliphatic heterocycles. The van der Waals surface area contributed by atoms with Crippen molar-refractivity contribution >= 4 is 0 Å². The molecule has 19 heavy (non-hydrogen) atoms. The van der Waals surface area contributed by atoms with E-state index in [1.165, 1.54) is 23.1 Å². The van der Waals surface area contributed by atoms with E-state index in [4.69, 9.17) is 0 Å². The van der Waals surface area contributed by atoms with Crippen LogP contribution in [0.15, 0.2) is 54.6 Å². The summed E-state index contributed by atoms with van der Waals surface area (Å²) in [4.78, 5) is 0. The molecule has 0 spiro atoms. The molecule has 0 aliphatic carbocycles. The fourth-order valence-corrected chi connectivity index (χ4v) is 2.17. The van der Waals surface area contributed by atoms with Gasteiger partial charge in [0.25, 0.3) is 0 Å². The normalized spacial score (nSPS) is 11.4. The molecule has 0 unspecified atom stereocenters. The quantitative estimate of drug-likeness (QED) is 0.651. The van der Waals surface area contributed by atoms with Crippen molar-refractivity contribution < 1.29 is 0 Å². The van der Waals surface area contributed by atoms with Gasteiger partial charge in [-0.3, -0.25) is 0 Å². The summed E-state index contributed by atoms with van der Waals surface area (Å²) < 4.78 is 0. The molecule has 0 heterocycles. The molecule has 0 aromatic heterocycles. The average Bonchev–Trinajstić information content (AvgIpc) is 2.48. The van der Waals surface area contributed by atoms with Crippen molar-refractivity contribution in [2.75, 3.05) is 0 Å². The van der Waals surface area contributed by atoms with E-state index in [0.717, 1.165) is 6.42 Å². The van der Waals surface area contributed by atoms with E-state index in [9.17, 15) is 0 Å². The SMILES string of the molecule is CC.Cc1cccc([C@H](C)CCc2ccccc2)c1. The van der Waals surface area contributed by atoms with Crippen molar-refractivity contribution in [3.63, 3.8) is 0 Å². The van der Waals surface area contributed by atoms with Gasteiger partial charge in [0.2, 0.25) is 0 Å². The van der Waals surface area contributed by atoms with Gasteiger partial charge in [0.15, 0.2) is 0 Å². The number of hydrogen-bond acceptors (Lipinski definition) is 0. The van der Waals surface area contributed by atoms with Gasteiger partial charge in [-0.05, 0) is 36.8 Å². The zero-order valence-electron chi connectivity index (χ0n) is 12.7. The lowest BCUT2D eigenvalue weighted by Gasteiger charge is -2.12. The lowest BCUT2D eigenvalue weighted by molar-refractivity contribution is 0.679. The molecule has 0 aliphatic rings. The highest BCUT2D eigenvalue weighted by Crippen LogP contribution is 2.21. The summed E-state index contributed by atoms with van der Waals surface area (Å²) in [7, 11) is 0. The van der Waals surface area contributed by atoms with Crippen LogP contribution < -0.4 is 0 Å². The molecule has 2 rings (SSSR count). The first-order valence-electron chi connectivity index (χ1n) is 7.36. The number of aryl methyl sites for hydroxylation is 2. The van der Waals surface area contributed by atoms with E-state index in [-0.39, 0.29) is 0 Å². The Hall–Kier alpha value is -1.56. The maximum atomic E-state index is 2.32. The Morgan fingerprint density at radius 3 is 2.21 bits per heavy atom. The zero-order valence-corrected chi connectivity index (χ0v) is 12.7. The summed E-state index contributed by atoms with van der Waals surface area (Å²) in [6.07, 6.45) is 2.38. The molecule has 0 amide bonds. The molecule has 2 aromatic rings. The molecule has 0 saturated carbocycles. The Morgan fingerprint density at radius 2 is 1.58 bits per heavy atom. The van der Waals surface area contributed by atoms with E-state index in [2.05, 4.69) is 68.4 Å². The molecule has 1 atom stereocenters. The predicted molar refractivity (Wildman–Crippen MR) is 85.7 cm³/mol. The highest BCUT2D eigenvalue weighted by atomic mass is 14.1. The van der Waals surface area contributed by atoms with Gasteiger partial charge in [0.05, 0.1) is 0 Å². The Balaban J connectivity index is 0.000000861. The minimum absolute atomic E-state index is 0.634. The van der Waals surface area contributed by atoms with Crippen LogP contribution in [0.1, 0.15) is 49.8 Å². The van der Waals surface area contributed by atoms with Gasteiger partial charge < -0.3 is 0 Å².